The lowest BCUT2D eigenvalue weighted by Crippen LogP contribution is -2.53. The van der Waals surface area contributed by atoms with Gasteiger partial charge in [-0.05, 0) is 32.1 Å². The van der Waals surface area contributed by atoms with E-state index in [2.05, 4.69) is 0 Å². The molecule has 0 bridgehead atoms. The van der Waals surface area contributed by atoms with E-state index in [1.807, 2.05) is 6.92 Å². The molecular weight excluding hydrogens is 512 g/mol. The van der Waals surface area contributed by atoms with Crippen molar-refractivity contribution >= 4 is 23.5 Å². The van der Waals surface area contributed by atoms with Crippen LogP contribution in [0.1, 0.15) is 91.8 Å². The summed E-state index contributed by atoms with van der Waals surface area (Å²) in [4.78, 5) is 53.3. The van der Waals surface area contributed by atoms with E-state index < -0.39 is 52.8 Å². The predicted octanol–water partition coefficient (Wildman–Crippen LogP) is 4.81. The van der Waals surface area contributed by atoms with Crippen LogP contribution >= 0.6 is 0 Å². The van der Waals surface area contributed by atoms with Crippen molar-refractivity contribution in [2.45, 2.75) is 88.6 Å². The quantitative estimate of drug-likeness (QED) is 0.245. The largest absolute Gasteiger partial charge is 0.425 e. The molecule has 2 aliphatic carbocycles. The third-order valence-electron chi connectivity index (χ3n) is 8.20. The summed E-state index contributed by atoms with van der Waals surface area (Å²) in [6.07, 6.45) is 2.63. The summed E-state index contributed by atoms with van der Waals surface area (Å²) in [7, 11) is 0. The molecule has 40 heavy (non-hydrogen) atoms. The van der Waals surface area contributed by atoms with E-state index in [0.717, 1.165) is 0 Å². The molecule has 0 amide bonds. The average Bonchev–Trinajstić information content (AvgIpc) is 2.97. The Morgan fingerprint density at radius 1 is 0.725 bits per heavy atom. The van der Waals surface area contributed by atoms with Crippen molar-refractivity contribution in [2.24, 2.45) is 11.8 Å². The van der Waals surface area contributed by atoms with Gasteiger partial charge in [0.2, 0.25) is 6.29 Å². The number of carbonyl (C=O) groups is 4. The molecule has 0 aliphatic heterocycles. The van der Waals surface area contributed by atoms with Gasteiger partial charge in [0.15, 0.2) is 11.6 Å². The molecular formula is C32H38O8. The second-order valence-corrected chi connectivity index (χ2v) is 10.9. The van der Waals surface area contributed by atoms with Gasteiger partial charge < -0.3 is 19.7 Å². The van der Waals surface area contributed by atoms with Crippen LogP contribution < -0.4 is 0 Å². The van der Waals surface area contributed by atoms with Crippen molar-refractivity contribution in [1.29, 1.82) is 0 Å². The highest BCUT2D eigenvalue weighted by Crippen LogP contribution is 2.39. The van der Waals surface area contributed by atoms with E-state index in [9.17, 15) is 29.4 Å². The maximum absolute atomic E-state index is 13.4. The van der Waals surface area contributed by atoms with Gasteiger partial charge >= 0.3 is 11.9 Å². The first-order valence-electron chi connectivity index (χ1n) is 14.3. The molecule has 0 heterocycles. The van der Waals surface area contributed by atoms with Gasteiger partial charge in [-0.2, -0.15) is 0 Å². The van der Waals surface area contributed by atoms with Crippen molar-refractivity contribution in [2.75, 3.05) is 0 Å². The molecule has 2 fully saturated rings. The summed E-state index contributed by atoms with van der Waals surface area (Å²) >= 11 is 0. The minimum absolute atomic E-state index is 0.120. The first-order valence-corrected chi connectivity index (χ1v) is 14.3. The molecule has 0 spiro atoms. The van der Waals surface area contributed by atoms with Crippen LogP contribution in [0, 0.1) is 11.8 Å². The molecule has 2 aliphatic rings. The molecule has 2 aromatic carbocycles. The number of rotatable bonds is 10. The summed E-state index contributed by atoms with van der Waals surface area (Å²) < 4.78 is 11.3. The Bertz CT molecular complexity index is 1100. The van der Waals surface area contributed by atoms with Gasteiger partial charge in [-0.1, -0.05) is 93.3 Å². The Kier molecular flexibility index (Phi) is 9.53. The fraction of sp³-hybridized carbons (Fsp3) is 0.500. The second-order valence-electron chi connectivity index (χ2n) is 10.9. The lowest BCUT2D eigenvalue weighted by atomic mass is 9.71. The van der Waals surface area contributed by atoms with Crippen molar-refractivity contribution in [3.8, 4) is 0 Å². The Balaban J connectivity index is 1.50. The minimum Gasteiger partial charge on any atom is -0.425 e. The normalized spacial score (nSPS) is 27.3. The number of Topliss-reactive ketones (excluding diaryl/α,β-unsaturated/α-hetero) is 2. The van der Waals surface area contributed by atoms with Gasteiger partial charge in [0.05, 0.1) is 11.8 Å². The standard InChI is InChI=1S/C32H38O8/c1-2-13-26(39-29(35)24-18-9-11-20-31(24,37)27(33)22-14-5-3-6-15-22)40-30(36)25-19-10-12-21-32(25,38)28(34)23-16-7-4-8-17-23/h3-8,14-17,24-26,37-38H,2,9-13,18-21H2,1H3. The number of esters is 2. The molecule has 0 aromatic heterocycles. The van der Waals surface area contributed by atoms with Gasteiger partial charge in [0.25, 0.3) is 0 Å². The summed E-state index contributed by atoms with van der Waals surface area (Å²) in [6.45, 7) is 1.83. The monoisotopic (exact) mass is 550 g/mol. The van der Waals surface area contributed by atoms with E-state index >= 15 is 0 Å². The van der Waals surface area contributed by atoms with E-state index in [1.165, 1.54) is 0 Å². The molecule has 4 rings (SSSR count). The zero-order chi connectivity index (χ0) is 28.8. The van der Waals surface area contributed by atoms with Crippen LogP contribution in [0.4, 0.5) is 0 Å². The van der Waals surface area contributed by atoms with Gasteiger partial charge in [-0.15, -0.1) is 0 Å². The maximum Gasteiger partial charge on any atom is 0.315 e. The summed E-state index contributed by atoms with van der Waals surface area (Å²) in [5, 5.41) is 22.9. The highest BCUT2D eigenvalue weighted by atomic mass is 16.7. The van der Waals surface area contributed by atoms with Crippen LogP contribution in [0.25, 0.3) is 0 Å². The van der Waals surface area contributed by atoms with Crippen LogP contribution in [0.15, 0.2) is 60.7 Å². The number of benzene rings is 2. The van der Waals surface area contributed by atoms with Crippen molar-refractivity contribution in [3.63, 3.8) is 0 Å². The maximum atomic E-state index is 13.4. The zero-order valence-electron chi connectivity index (χ0n) is 22.9. The third-order valence-corrected chi connectivity index (χ3v) is 8.20. The van der Waals surface area contributed by atoms with E-state index in [-0.39, 0.29) is 32.1 Å². The zero-order valence-corrected chi connectivity index (χ0v) is 22.9. The third kappa shape index (κ3) is 6.18. The Morgan fingerprint density at radius 3 is 1.50 bits per heavy atom. The Hall–Kier alpha value is -3.36. The molecule has 8 heteroatoms. The molecule has 8 nitrogen and oxygen atoms in total. The minimum atomic E-state index is -1.93. The number of carbonyl (C=O) groups excluding carboxylic acids is 4. The van der Waals surface area contributed by atoms with Crippen molar-refractivity contribution in [1.82, 2.24) is 0 Å². The number of hydrogen-bond donors (Lipinski definition) is 2. The van der Waals surface area contributed by atoms with Crippen molar-refractivity contribution in [3.05, 3.63) is 71.8 Å². The topological polar surface area (TPSA) is 127 Å². The molecule has 214 valence electrons. The van der Waals surface area contributed by atoms with Gasteiger partial charge in [0.1, 0.15) is 11.2 Å². The van der Waals surface area contributed by atoms with E-state index in [4.69, 9.17) is 9.47 Å². The van der Waals surface area contributed by atoms with Crippen LogP contribution in [-0.2, 0) is 19.1 Å². The van der Waals surface area contributed by atoms with E-state index in [1.54, 1.807) is 60.7 Å². The van der Waals surface area contributed by atoms with Gasteiger partial charge in [-0.25, -0.2) is 0 Å². The average molecular weight is 551 g/mol. The number of ether oxygens (including phenoxy) is 2. The molecule has 0 radical (unpaired) electrons. The smallest absolute Gasteiger partial charge is 0.315 e. The van der Waals surface area contributed by atoms with Gasteiger partial charge in [-0.3, -0.25) is 19.2 Å². The summed E-state index contributed by atoms with van der Waals surface area (Å²) in [6, 6.07) is 16.7. The summed E-state index contributed by atoms with van der Waals surface area (Å²) in [5.41, 5.74) is -3.24. The number of ketones is 2. The van der Waals surface area contributed by atoms with Crippen LogP contribution in [0.2, 0.25) is 0 Å². The second kappa shape index (κ2) is 12.9. The predicted molar refractivity (Wildman–Crippen MR) is 146 cm³/mol. The number of hydrogen-bond acceptors (Lipinski definition) is 8. The van der Waals surface area contributed by atoms with Gasteiger partial charge in [0, 0.05) is 17.5 Å². The molecule has 4 unspecified atom stereocenters. The first kappa shape index (κ1) is 29.6. The molecule has 2 saturated carbocycles. The summed E-state index contributed by atoms with van der Waals surface area (Å²) in [5.74, 6) is -4.92. The highest BCUT2D eigenvalue weighted by Gasteiger charge is 2.52. The lowest BCUT2D eigenvalue weighted by Gasteiger charge is -2.39. The molecule has 0 saturated heterocycles. The van der Waals surface area contributed by atoms with Crippen LogP contribution in [0.5, 0.6) is 0 Å². The van der Waals surface area contributed by atoms with Crippen LogP contribution in [-0.4, -0.2) is 51.2 Å². The molecule has 2 aromatic rings. The first-order chi connectivity index (χ1) is 19.2. The SMILES string of the molecule is CCCC(OC(=O)C1CCCCC1(O)C(=O)c1ccccc1)OC(=O)C1CCCCC1(O)C(=O)c1ccccc1. The highest BCUT2D eigenvalue weighted by molar-refractivity contribution is 6.05. The number of aliphatic hydroxyl groups is 2. The molecule has 2 N–H and O–H groups in total. The van der Waals surface area contributed by atoms with Crippen LogP contribution in [0.3, 0.4) is 0 Å². The van der Waals surface area contributed by atoms with E-state index in [0.29, 0.717) is 43.2 Å². The Labute approximate surface area is 234 Å². The fourth-order valence-electron chi connectivity index (χ4n) is 5.96. The molecule has 4 atom stereocenters. The fourth-order valence-corrected chi connectivity index (χ4v) is 5.96. The lowest BCUT2D eigenvalue weighted by molar-refractivity contribution is -0.203. The van der Waals surface area contributed by atoms with Crippen molar-refractivity contribution < 1.29 is 38.9 Å². The Morgan fingerprint density at radius 2 is 1.12 bits per heavy atom.